The molecule has 24 heavy (non-hydrogen) atoms. The van der Waals surface area contributed by atoms with Crippen LogP contribution in [0, 0.1) is 17.8 Å². The first-order valence-corrected chi connectivity index (χ1v) is 7.70. The van der Waals surface area contributed by atoms with Gasteiger partial charge in [0.05, 0.1) is 12.0 Å². The number of likely N-dealkylation sites (N-methyl/N-ethyl adjacent to an activating group) is 1. The topological polar surface area (TPSA) is 86.7 Å². The van der Waals surface area contributed by atoms with Gasteiger partial charge in [-0.25, -0.2) is 0 Å². The summed E-state index contributed by atoms with van der Waals surface area (Å²) in [6, 6.07) is 6.84. The fourth-order valence-electron chi connectivity index (χ4n) is 2.69. The largest absolute Gasteiger partial charge is 0.481 e. The van der Waals surface area contributed by atoms with Gasteiger partial charge >= 0.3 is 5.97 Å². The Balaban J connectivity index is 1.90. The van der Waals surface area contributed by atoms with Crippen molar-refractivity contribution >= 4 is 23.5 Å². The lowest BCUT2D eigenvalue weighted by atomic mass is 9.66. The van der Waals surface area contributed by atoms with Gasteiger partial charge in [0.15, 0.2) is 0 Å². The molecule has 1 aliphatic carbocycles. The summed E-state index contributed by atoms with van der Waals surface area (Å²) in [5, 5.41) is 11.9. The number of terminal acetylenes is 1. The van der Waals surface area contributed by atoms with Crippen LogP contribution in [0.3, 0.4) is 0 Å². The van der Waals surface area contributed by atoms with Crippen LogP contribution >= 0.6 is 0 Å². The zero-order valence-corrected chi connectivity index (χ0v) is 13.5. The molecule has 0 atom stereocenters. The first-order chi connectivity index (χ1) is 11.4. The lowest BCUT2D eigenvalue weighted by Gasteiger charge is -2.37. The van der Waals surface area contributed by atoms with Crippen molar-refractivity contribution in [2.45, 2.75) is 25.7 Å². The minimum absolute atomic E-state index is 0.0707. The van der Waals surface area contributed by atoms with Crippen molar-refractivity contribution in [2.24, 2.45) is 5.41 Å². The molecular weight excluding hydrogens is 308 g/mol. The molecule has 0 saturated heterocycles. The van der Waals surface area contributed by atoms with Crippen LogP contribution in [0.1, 0.15) is 31.2 Å². The maximum atomic E-state index is 12.2. The van der Waals surface area contributed by atoms with Crippen molar-refractivity contribution in [1.29, 1.82) is 0 Å². The summed E-state index contributed by atoms with van der Waals surface area (Å²) in [4.78, 5) is 36.8. The number of carboxylic acids is 1. The molecule has 1 aliphatic rings. The molecule has 1 aromatic rings. The van der Waals surface area contributed by atoms with E-state index in [4.69, 9.17) is 6.42 Å². The fourth-order valence-corrected chi connectivity index (χ4v) is 2.69. The highest BCUT2D eigenvalue weighted by Crippen LogP contribution is 2.44. The zero-order valence-electron chi connectivity index (χ0n) is 13.5. The molecular formula is C18H20N2O4. The van der Waals surface area contributed by atoms with E-state index in [0.29, 0.717) is 24.1 Å². The van der Waals surface area contributed by atoms with E-state index in [-0.39, 0.29) is 24.8 Å². The predicted octanol–water partition coefficient (Wildman–Crippen LogP) is 1.71. The Morgan fingerprint density at radius 3 is 2.62 bits per heavy atom. The highest BCUT2D eigenvalue weighted by molar-refractivity contribution is 5.95. The van der Waals surface area contributed by atoms with E-state index >= 15 is 0 Å². The van der Waals surface area contributed by atoms with Crippen LogP contribution in [-0.4, -0.2) is 41.4 Å². The number of benzene rings is 1. The highest BCUT2D eigenvalue weighted by atomic mass is 16.4. The average molecular weight is 328 g/mol. The second-order valence-electron chi connectivity index (χ2n) is 6.14. The van der Waals surface area contributed by atoms with Crippen molar-refractivity contribution in [1.82, 2.24) is 4.90 Å². The summed E-state index contributed by atoms with van der Waals surface area (Å²) in [6.45, 7) is -0.144. The van der Waals surface area contributed by atoms with E-state index in [1.54, 1.807) is 24.3 Å². The number of hydrogen-bond acceptors (Lipinski definition) is 3. The number of nitrogens with one attached hydrogen (secondary N) is 1. The molecule has 0 bridgehead atoms. The van der Waals surface area contributed by atoms with Gasteiger partial charge in [-0.3, -0.25) is 14.4 Å². The third kappa shape index (κ3) is 3.93. The third-order valence-corrected chi connectivity index (χ3v) is 4.37. The van der Waals surface area contributed by atoms with Crippen molar-refractivity contribution in [3.05, 3.63) is 29.8 Å². The van der Waals surface area contributed by atoms with Gasteiger partial charge in [0.1, 0.15) is 0 Å². The highest BCUT2D eigenvalue weighted by Gasteiger charge is 2.46. The summed E-state index contributed by atoms with van der Waals surface area (Å²) in [5.41, 5.74) is 0.242. The van der Waals surface area contributed by atoms with Crippen LogP contribution in [0.4, 0.5) is 5.69 Å². The molecule has 1 fully saturated rings. The Hall–Kier alpha value is -2.81. The molecule has 6 heteroatoms. The third-order valence-electron chi connectivity index (χ3n) is 4.37. The van der Waals surface area contributed by atoms with Crippen LogP contribution in [-0.2, 0) is 14.4 Å². The summed E-state index contributed by atoms with van der Waals surface area (Å²) in [6.07, 6.45) is 7.07. The van der Waals surface area contributed by atoms with Crippen molar-refractivity contribution < 1.29 is 19.5 Å². The molecule has 0 heterocycles. The molecule has 126 valence electrons. The quantitative estimate of drug-likeness (QED) is 0.778. The number of carbonyl (C=O) groups excluding carboxylic acids is 2. The van der Waals surface area contributed by atoms with Gasteiger partial charge in [0.25, 0.3) is 0 Å². The van der Waals surface area contributed by atoms with Gasteiger partial charge in [-0.1, -0.05) is 18.4 Å². The van der Waals surface area contributed by atoms with E-state index in [0.717, 1.165) is 6.42 Å². The van der Waals surface area contributed by atoms with E-state index in [2.05, 4.69) is 11.2 Å². The van der Waals surface area contributed by atoms with E-state index in [9.17, 15) is 19.5 Å². The van der Waals surface area contributed by atoms with E-state index in [1.807, 2.05) is 0 Å². The SMILES string of the molecule is C#Cc1cccc(NC(=O)CN(C)C(=O)CC2(C(=O)O)CCC2)c1. The Morgan fingerprint density at radius 2 is 2.08 bits per heavy atom. The predicted molar refractivity (Wildman–Crippen MR) is 89.2 cm³/mol. The number of rotatable bonds is 6. The molecule has 1 saturated carbocycles. The number of nitrogens with zero attached hydrogens (tertiary/aromatic N) is 1. The van der Waals surface area contributed by atoms with Gasteiger partial charge in [-0.2, -0.15) is 0 Å². The number of anilines is 1. The Bertz CT molecular complexity index is 701. The maximum Gasteiger partial charge on any atom is 0.310 e. The first-order valence-electron chi connectivity index (χ1n) is 7.70. The average Bonchev–Trinajstić information content (AvgIpc) is 2.50. The fraction of sp³-hybridized carbons (Fsp3) is 0.389. The minimum Gasteiger partial charge on any atom is -0.481 e. The second kappa shape index (κ2) is 7.18. The van der Waals surface area contributed by atoms with Crippen LogP contribution < -0.4 is 5.32 Å². The molecule has 6 nitrogen and oxygen atoms in total. The van der Waals surface area contributed by atoms with Gasteiger partial charge in [-0.15, -0.1) is 6.42 Å². The molecule has 2 rings (SSSR count). The number of carboxylic acid groups (broad SMARTS) is 1. The van der Waals surface area contributed by atoms with Gasteiger partial charge < -0.3 is 15.3 Å². The zero-order chi connectivity index (χ0) is 17.7. The van der Waals surface area contributed by atoms with E-state index in [1.165, 1.54) is 11.9 Å². The number of carbonyl (C=O) groups is 3. The maximum absolute atomic E-state index is 12.2. The van der Waals surface area contributed by atoms with Crippen LogP contribution in [0.5, 0.6) is 0 Å². The summed E-state index contributed by atoms with van der Waals surface area (Å²) in [5.74, 6) is 0.833. The Morgan fingerprint density at radius 1 is 1.38 bits per heavy atom. The smallest absolute Gasteiger partial charge is 0.310 e. The number of aliphatic carboxylic acids is 1. The summed E-state index contributed by atoms with van der Waals surface area (Å²) in [7, 11) is 1.49. The monoisotopic (exact) mass is 328 g/mol. The summed E-state index contributed by atoms with van der Waals surface area (Å²) < 4.78 is 0. The van der Waals surface area contributed by atoms with Crippen molar-refractivity contribution in [2.75, 3.05) is 18.9 Å². The van der Waals surface area contributed by atoms with Gasteiger partial charge in [0, 0.05) is 24.7 Å². The Labute approximate surface area is 140 Å². The normalized spacial score (nSPS) is 14.8. The van der Waals surface area contributed by atoms with Gasteiger partial charge in [-0.05, 0) is 31.0 Å². The molecule has 0 unspecified atom stereocenters. The lowest BCUT2D eigenvalue weighted by molar-refractivity contribution is -0.159. The minimum atomic E-state index is -0.955. The molecule has 2 N–H and O–H groups in total. The van der Waals surface area contributed by atoms with Gasteiger partial charge in [0.2, 0.25) is 11.8 Å². The van der Waals surface area contributed by atoms with Crippen molar-refractivity contribution in [3.8, 4) is 12.3 Å². The Kier molecular flexibility index (Phi) is 5.24. The molecule has 0 aliphatic heterocycles. The number of hydrogen-bond donors (Lipinski definition) is 2. The molecule has 1 aromatic carbocycles. The summed E-state index contributed by atoms with van der Waals surface area (Å²) >= 11 is 0. The molecule has 0 radical (unpaired) electrons. The van der Waals surface area contributed by atoms with Crippen LogP contribution in [0.2, 0.25) is 0 Å². The molecule has 0 spiro atoms. The number of amides is 2. The lowest BCUT2D eigenvalue weighted by Crippen LogP contribution is -2.44. The van der Waals surface area contributed by atoms with Crippen LogP contribution in [0.25, 0.3) is 0 Å². The standard InChI is InChI=1S/C18H20N2O4/c1-3-13-6-4-7-14(10-13)19-15(21)12-20(2)16(22)11-18(17(23)24)8-5-9-18/h1,4,6-7,10H,5,8-9,11-12H2,2H3,(H,19,21)(H,23,24). The molecule has 0 aromatic heterocycles. The molecule has 2 amide bonds. The van der Waals surface area contributed by atoms with Crippen LogP contribution in [0.15, 0.2) is 24.3 Å². The first kappa shape index (κ1) is 17.5. The van der Waals surface area contributed by atoms with E-state index < -0.39 is 11.4 Å². The second-order valence-corrected chi connectivity index (χ2v) is 6.14. The van der Waals surface area contributed by atoms with Crippen molar-refractivity contribution in [3.63, 3.8) is 0 Å².